The lowest BCUT2D eigenvalue weighted by Crippen LogP contribution is -2.38. The second-order valence-corrected chi connectivity index (χ2v) is 2.64. The fourth-order valence-electron chi connectivity index (χ4n) is 1.09. The van der Waals surface area contributed by atoms with Crippen molar-refractivity contribution in [3.05, 3.63) is 18.1 Å². The maximum atomic E-state index is 12.9. The second kappa shape index (κ2) is 2.66. The molecule has 1 fully saturated rings. The number of halogens is 2. The van der Waals surface area contributed by atoms with Crippen LogP contribution in [0.15, 0.2) is 6.33 Å². The van der Waals surface area contributed by atoms with Gasteiger partial charge in [0.25, 0.3) is 5.95 Å². The van der Waals surface area contributed by atoms with Crippen molar-refractivity contribution in [1.29, 1.82) is 0 Å². The second-order valence-electron chi connectivity index (χ2n) is 2.64. The van der Waals surface area contributed by atoms with Crippen LogP contribution >= 0.6 is 0 Å². The monoisotopic (exact) mass is 171 g/mol. The predicted molar refractivity (Wildman–Crippen MR) is 38.8 cm³/mol. The molecule has 0 atom stereocenters. The molecular formula is C7H7F2N3. The van der Waals surface area contributed by atoms with Crippen molar-refractivity contribution in [2.24, 2.45) is 0 Å². The highest BCUT2D eigenvalue weighted by atomic mass is 19.2. The van der Waals surface area contributed by atoms with Crippen LogP contribution < -0.4 is 4.90 Å². The fourth-order valence-corrected chi connectivity index (χ4v) is 1.09. The van der Waals surface area contributed by atoms with Crippen LogP contribution in [0.1, 0.15) is 6.42 Å². The lowest BCUT2D eigenvalue weighted by atomic mass is 10.2. The van der Waals surface area contributed by atoms with Gasteiger partial charge in [0.1, 0.15) is 6.33 Å². The average Bonchev–Trinajstić information content (AvgIpc) is 1.95. The minimum Gasteiger partial charge on any atom is -0.354 e. The first-order valence-electron chi connectivity index (χ1n) is 3.70. The quantitative estimate of drug-likeness (QED) is 0.589. The average molecular weight is 171 g/mol. The standard InChI is InChI=1S/C7H7F2N3/c8-5-6(9)10-4-11-7(5)12-2-1-3-12/h4H,1-3H2. The number of nitrogens with zero attached hydrogens (tertiary/aromatic N) is 3. The van der Waals surface area contributed by atoms with Crippen molar-refractivity contribution in [2.45, 2.75) is 6.42 Å². The van der Waals surface area contributed by atoms with Gasteiger partial charge in [-0.05, 0) is 6.42 Å². The Bertz CT molecular complexity index is 299. The molecule has 1 aromatic heterocycles. The van der Waals surface area contributed by atoms with E-state index >= 15 is 0 Å². The van der Waals surface area contributed by atoms with Gasteiger partial charge in [-0.1, -0.05) is 0 Å². The summed E-state index contributed by atoms with van der Waals surface area (Å²) < 4.78 is 25.5. The van der Waals surface area contributed by atoms with E-state index in [1.807, 2.05) is 0 Å². The van der Waals surface area contributed by atoms with Crippen LogP contribution in [-0.2, 0) is 0 Å². The van der Waals surface area contributed by atoms with Gasteiger partial charge in [-0.15, -0.1) is 0 Å². The first kappa shape index (κ1) is 7.39. The van der Waals surface area contributed by atoms with E-state index in [-0.39, 0.29) is 5.82 Å². The number of aromatic nitrogens is 2. The van der Waals surface area contributed by atoms with Crippen LogP contribution in [0.2, 0.25) is 0 Å². The Kier molecular flexibility index (Phi) is 1.64. The van der Waals surface area contributed by atoms with Crippen LogP contribution in [0.3, 0.4) is 0 Å². The molecule has 5 heteroatoms. The zero-order valence-corrected chi connectivity index (χ0v) is 6.30. The van der Waals surface area contributed by atoms with E-state index in [1.54, 1.807) is 4.90 Å². The molecule has 64 valence electrons. The summed E-state index contributed by atoms with van der Waals surface area (Å²) in [4.78, 5) is 8.44. The van der Waals surface area contributed by atoms with Crippen LogP contribution in [-0.4, -0.2) is 23.1 Å². The molecular weight excluding hydrogens is 164 g/mol. The Balaban J connectivity index is 2.36. The van der Waals surface area contributed by atoms with E-state index in [2.05, 4.69) is 9.97 Å². The van der Waals surface area contributed by atoms with E-state index in [4.69, 9.17) is 0 Å². The zero-order chi connectivity index (χ0) is 8.55. The van der Waals surface area contributed by atoms with Crippen molar-refractivity contribution in [2.75, 3.05) is 18.0 Å². The van der Waals surface area contributed by atoms with Gasteiger partial charge in [-0.25, -0.2) is 9.97 Å². The number of hydrogen-bond donors (Lipinski definition) is 0. The molecule has 0 unspecified atom stereocenters. The summed E-state index contributed by atoms with van der Waals surface area (Å²) in [6.07, 6.45) is 2.04. The summed E-state index contributed by atoms with van der Waals surface area (Å²) >= 11 is 0. The summed E-state index contributed by atoms with van der Waals surface area (Å²) in [6.45, 7) is 1.49. The third-order valence-electron chi connectivity index (χ3n) is 1.88. The van der Waals surface area contributed by atoms with Crippen molar-refractivity contribution in [1.82, 2.24) is 9.97 Å². The molecule has 0 saturated carbocycles. The Morgan fingerprint density at radius 1 is 1.25 bits per heavy atom. The van der Waals surface area contributed by atoms with Crippen molar-refractivity contribution in [3.8, 4) is 0 Å². The molecule has 1 aliphatic rings. The third kappa shape index (κ3) is 1.01. The first-order valence-corrected chi connectivity index (χ1v) is 3.70. The summed E-state index contributed by atoms with van der Waals surface area (Å²) in [5, 5.41) is 0. The minimum atomic E-state index is -1.08. The SMILES string of the molecule is Fc1ncnc(N2CCC2)c1F. The molecule has 3 nitrogen and oxygen atoms in total. The topological polar surface area (TPSA) is 29.0 Å². The maximum Gasteiger partial charge on any atom is 0.254 e. The minimum absolute atomic E-state index is 0.0775. The predicted octanol–water partition coefficient (Wildman–Crippen LogP) is 0.965. The highest BCUT2D eigenvalue weighted by molar-refractivity contribution is 5.40. The number of hydrogen-bond acceptors (Lipinski definition) is 3. The van der Waals surface area contributed by atoms with Gasteiger partial charge < -0.3 is 4.90 Å². The van der Waals surface area contributed by atoms with Crippen molar-refractivity contribution < 1.29 is 8.78 Å². The first-order chi connectivity index (χ1) is 5.79. The third-order valence-corrected chi connectivity index (χ3v) is 1.88. The Labute approximate surface area is 68.1 Å². The van der Waals surface area contributed by atoms with Crippen molar-refractivity contribution in [3.63, 3.8) is 0 Å². The molecule has 0 bridgehead atoms. The summed E-state index contributed by atoms with van der Waals surface area (Å²) in [5.74, 6) is -1.95. The largest absolute Gasteiger partial charge is 0.354 e. The molecule has 0 spiro atoms. The molecule has 0 N–H and O–H groups in total. The summed E-state index contributed by atoms with van der Waals surface area (Å²) in [5.41, 5.74) is 0. The Hall–Kier alpha value is -1.26. The van der Waals surface area contributed by atoms with E-state index in [0.29, 0.717) is 0 Å². The lowest BCUT2D eigenvalue weighted by molar-refractivity contribution is 0.463. The number of rotatable bonds is 1. The number of anilines is 1. The normalized spacial score (nSPS) is 16.0. The van der Waals surface area contributed by atoms with Gasteiger partial charge in [0.15, 0.2) is 5.82 Å². The highest BCUT2D eigenvalue weighted by Crippen LogP contribution is 2.21. The Morgan fingerprint density at radius 2 is 2.00 bits per heavy atom. The molecule has 2 heterocycles. The maximum absolute atomic E-state index is 12.9. The van der Waals surface area contributed by atoms with Gasteiger partial charge >= 0.3 is 0 Å². The highest BCUT2D eigenvalue weighted by Gasteiger charge is 2.21. The van der Waals surface area contributed by atoms with Crippen LogP contribution in [0.4, 0.5) is 14.6 Å². The molecule has 1 saturated heterocycles. The smallest absolute Gasteiger partial charge is 0.254 e. The molecule has 12 heavy (non-hydrogen) atoms. The van der Waals surface area contributed by atoms with Crippen LogP contribution in [0.25, 0.3) is 0 Å². The van der Waals surface area contributed by atoms with Gasteiger partial charge in [0, 0.05) is 13.1 Å². The Morgan fingerprint density at radius 3 is 2.58 bits per heavy atom. The van der Waals surface area contributed by atoms with Crippen LogP contribution in [0, 0.1) is 11.8 Å². The van der Waals surface area contributed by atoms with Crippen molar-refractivity contribution >= 4 is 5.82 Å². The molecule has 0 amide bonds. The summed E-state index contributed by atoms with van der Waals surface area (Å²) in [6, 6.07) is 0. The zero-order valence-electron chi connectivity index (χ0n) is 6.30. The molecule has 1 aromatic rings. The van der Waals surface area contributed by atoms with Gasteiger partial charge in [0.05, 0.1) is 0 Å². The summed E-state index contributed by atoms with van der Waals surface area (Å²) in [7, 11) is 0. The molecule has 0 radical (unpaired) electrons. The lowest BCUT2D eigenvalue weighted by Gasteiger charge is -2.31. The molecule has 0 aromatic carbocycles. The van der Waals surface area contributed by atoms with E-state index in [0.717, 1.165) is 25.8 Å². The fraction of sp³-hybridized carbons (Fsp3) is 0.429. The van der Waals surface area contributed by atoms with Gasteiger partial charge in [-0.2, -0.15) is 8.78 Å². The van der Waals surface area contributed by atoms with E-state index < -0.39 is 11.8 Å². The van der Waals surface area contributed by atoms with E-state index in [1.165, 1.54) is 0 Å². The molecule has 2 rings (SSSR count). The molecule has 0 aliphatic carbocycles. The van der Waals surface area contributed by atoms with Gasteiger partial charge in [-0.3, -0.25) is 0 Å². The molecule has 1 aliphatic heterocycles. The van der Waals surface area contributed by atoms with Crippen LogP contribution in [0.5, 0.6) is 0 Å². The van der Waals surface area contributed by atoms with Gasteiger partial charge in [0.2, 0.25) is 5.82 Å². The van der Waals surface area contributed by atoms with E-state index in [9.17, 15) is 8.78 Å².